The Balaban J connectivity index is 1.79. The van der Waals surface area contributed by atoms with Crippen LogP contribution in [0.3, 0.4) is 0 Å². The fourth-order valence-electron chi connectivity index (χ4n) is 4.02. The topological polar surface area (TPSA) is 3.24 Å². The van der Waals surface area contributed by atoms with Gasteiger partial charge >= 0.3 is 0 Å². The van der Waals surface area contributed by atoms with Crippen molar-refractivity contribution in [3.05, 3.63) is 41.5 Å². The Bertz CT molecular complexity index is 474. The molecule has 0 spiro atoms. The van der Waals surface area contributed by atoms with Crippen molar-refractivity contribution in [2.75, 3.05) is 6.54 Å². The minimum absolute atomic E-state index is 0.728. The molecule has 1 nitrogen and oxygen atoms in total. The highest BCUT2D eigenvalue weighted by molar-refractivity contribution is 5.74. The molecule has 1 saturated heterocycles. The van der Waals surface area contributed by atoms with Gasteiger partial charge in [0.2, 0.25) is 0 Å². The van der Waals surface area contributed by atoms with E-state index in [-0.39, 0.29) is 0 Å². The summed E-state index contributed by atoms with van der Waals surface area (Å²) >= 11 is 0. The Morgan fingerprint density at radius 2 is 2.06 bits per heavy atom. The van der Waals surface area contributed by atoms with E-state index < -0.39 is 0 Å². The molecular weight excluding hydrogens is 206 g/mol. The van der Waals surface area contributed by atoms with E-state index in [1.54, 1.807) is 11.1 Å². The molecule has 1 aromatic rings. The van der Waals surface area contributed by atoms with Gasteiger partial charge < -0.3 is 0 Å². The molecule has 2 heterocycles. The third-order valence-corrected chi connectivity index (χ3v) is 4.81. The maximum atomic E-state index is 2.78. The Hall–Kier alpha value is -1.08. The first-order chi connectivity index (χ1) is 8.43. The van der Waals surface area contributed by atoms with Crippen LogP contribution in [0.25, 0.3) is 5.57 Å². The van der Waals surface area contributed by atoms with Gasteiger partial charge in [0, 0.05) is 12.1 Å². The fraction of sp³-hybridized carbons (Fsp3) is 0.500. The van der Waals surface area contributed by atoms with E-state index in [0.29, 0.717) is 0 Å². The molecule has 1 aromatic carbocycles. The molecule has 1 fully saturated rings. The van der Waals surface area contributed by atoms with Crippen LogP contribution in [-0.2, 0) is 6.42 Å². The summed E-state index contributed by atoms with van der Waals surface area (Å²) in [5, 5.41) is 0. The number of nitrogens with zero attached hydrogens (tertiary/aromatic N) is 1. The number of fused-ring (bicyclic) bond motifs is 5. The molecule has 2 aliphatic heterocycles. The van der Waals surface area contributed by atoms with E-state index in [4.69, 9.17) is 0 Å². The van der Waals surface area contributed by atoms with Crippen LogP contribution in [0.4, 0.5) is 0 Å². The van der Waals surface area contributed by atoms with Gasteiger partial charge in [-0.05, 0) is 55.3 Å². The van der Waals surface area contributed by atoms with E-state index in [9.17, 15) is 0 Å². The molecular formula is C16H19N. The van der Waals surface area contributed by atoms with Gasteiger partial charge in [-0.3, -0.25) is 4.90 Å². The van der Waals surface area contributed by atoms with Gasteiger partial charge in [-0.2, -0.15) is 0 Å². The summed E-state index contributed by atoms with van der Waals surface area (Å²) in [7, 11) is 0. The number of hydrogen-bond acceptors (Lipinski definition) is 1. The van der Waals surface area contributed by atoms with Gasteiger partial charge in [0.05, 0.1) is 0 Å². The summed E-state index contributed by atoms with van der Waals surface area (Å²) in [6, 6.07) is 10.6. The molecule has 0 amide bonds. The predicted octanol–water partition coefficient (Wildman–Crippen LogP) is 3.25. The normalized spacial score (nSPS) is 31.4. The molecule has 0 radical (unpaired) electrons. The maximum absolute atomic E-state index is 2.78. The molecule has 88 valence electrons. The third-order valence-electron chi connectivity index (χ3n) is 4.81. The second kappa shape index (κ2) is 3.71. The van der Waals surface area contributed by atoms with Crippen molar-refractivity contribution >= 4 is 5.57 Å². The summed E-state index contributed by atoms with van der Waals surface area (Å²) < 4.78 is 0. The summed E-state index contributed by atoms with van der Waals surface area (Å²) in [6.07, 6.45) is 9.24. The molecule has 4 rings (SSSR count). The highest BCUT2D eigenvalue weighted by Gasteiger charge is 2.37. The van der Waals surface area contributed by atoms with Gasteiger partial charge in [0.15, 0.2) is 0 Å². The molecule has 1 aliphatic carbocycles. The van der Waals surface area contributed by atoms with E-state index >= 15 is 0 Å². The zero-order valence-electron chi connectivity index (χ0n) is 10.2. The molecule has 0 bridgehead atoms. The quantitative estimate of drug-likeness (QED) is 0.655. The van der Waals surface area contributed by atoms with Crippen molar-refractivity contribution in [2.24, 2.45) is 0 Å². The maximum Gasteiger partial charge on any atom is 0.0357 e. The smallest absolute Gasteiger partial charge is 0.0357 e. The highest BCUT2D eigenvalue weighted by atomic mass is 15.2. The van der Waals surface area contributed by atoms with Gasteiger partial charge in [-0.25, -0.2) is 0 Å². The van der Waals surface area contributed by atoms with Crippen molar-refractivity contribution in [1.82, 2.24) is 4.90 Å². The van der Waals surface area contributed by atoms with Crippen LogP contribution in [0.1, 0.15) is 36.8 Å². The van der Waals surface area contributed by atoms with Gasteiger partial charge in [-0.1, -0.05) is 30.3 Å². The molecule has 1 heteroatoms. The van der Waals surface area contributed by atoms with Crippen LogP contribution in [0.5, 0.6) is 0 Å². The largest absolute Gasteiger partial charge is 0.293 e. The number of benzene rings is 1. The second-order valence-corrected chi connectivity index (χ2v) is 5.64. The Labute approximate surface area is 103 Å². The average molecular weight is 225 g/mol. The second-order valence-electron chi connectivity index (χ2n) is 5.64. The van der Waals surface area contributed by atoms with Crippen LogP contribution in [0.2, 0.25) is 0 Å². The lowest BCUT2D eigenvalue weighted by Gasteiger charge is -2.41. The van der Waals surface area contributed by atoms with Crippen molar-refractivity contribution in [3.8, 4) is 0 Å². The monoisotopic (exact) mass is 225 g/mol. The first-order valence-electron chi connectivity index (χ1n) is 6.97. The van der Waals surface area contributed by atoms with Gasteiger partial charge in [0.1, 0.15) is 0 Å². The summed E-state index contributed by atoms with van der Waals surface area (Å²) in [5.74, 6) is 0. The van der Waals surface area contributed by atoms with Gasteiger partial charge in [-0.15, -0.1) is 0 Å². The van der Waals surface area contributed by atoms with Crippen molar-refractivity contribution < 1.29 is 0 Å². The average Bonchev–Trinajstić information content (AvgIpc) is 2.86. The molecule has 0 aromatic heterocycles. The highest BCUT2D eigenvalue weighted by Crippen LogP contribution is 2.41. The van der Waals surface area contributed by atoms with Crippen LogP contribution in [0, 0.1) is 0 Å². The first kappa shape index (κ1) is 9.90. The number of aryl methyl sites for hydroxylation is 1. The molecule has 3 aliphatic rings. The van der Waals surface area contributed by atoms with Crippen LogP contribution in [-0.4, -0.2) is 23.5 Å². The van der Waals surface area contributed by atoms with Crippen molar-refractivity contribution in [3.63, 3.8) is 0 Å². The van der Waals surface area contributed by atoms with E-state index in [2.05, 4.69) is 35.2 Å². The van der Waals surface area contributed by atoms with E-state index in [1.165, 1.54) is 44.2 Å². The number of rotatable bonds is 0. The predicted molar refractivity (Wildman–Crippen MR) is 70.9 cm³/mol. The standard InChI is InChI=1S/C16H19N/c1-2-6-14-12(4-1)7-10-16-15(14)9-8-13-5-3-11-17(13)16/h1-2,4,6,9,13,16H,3,5,7-8,10-11H2/t13-,16-/m0/s1. The lowest BCUT2D eigenvalue weighted by molar-refractivity contribution is 0.197. The summed E-state index contributed by atoms with van der Waals surface area (Å²) in [6.45, 7) is 1.33. The van der Waals surface area contributed by atoms with E-state index in [1.807, 2.05) is 0 Å². The minimum atomic E-state index is 0.728. The molecule has 2 atom stereocenters. The zero-order valence-corrected chi connectivity index (χ0v) is 10.2. The molecule has 17 heavy (non-hydrogen) atoms. The first-order valence-corrected chi connectivity index (χ1v) is 6.97. The SMILES string of the molecule is C1=C2c3ccccc3CC[C@@H]2N2CCC[C@H]2C1. The Kier molecular flexibility index (Phi) is 2.16. The van der Waals surface area contributed by atoms with Crippen LogP contribution in [0.15, 0.2) is 30.3 Å². The third kappa shape index (κ3) is 1.42. The summed E-state index contributed by atoms with van der Waals surface area (Å²) in [5.41, 5.74) is 4.73. The van der Waals surface area contributed by atoms with E-state index in [0.717, 1.165) is 12.1 Å². The molecule has 0 saturated carbocycles. The lowest BCUT2D eigenvalue weighted by atomic mass is 9.80. The van der Waals surface area contributed by atoms with Crippen molar-refractivity contribution in [2.45, 2.75) is 44.2 Å². The zero-order chi connectivity index (χ0) is 11.2. The van der Waals surface area contributed by atoms with Crippen molar-refractivity contribution in [1.29, 1.82) is 0 Å². The van der Waals surface area contributed by atoms with Gasteiger partial charge in [0.25, 0.3) is 0 Å². The Morgan fingerprint density at radius 1 is 1.12 bits per heavy atom. The molecule has 0 unspecified atom stereocenters. The number of hydrogen-bond donors (Lipinski definition) is 0. The molecule has 0 N–H and O–H groups in total. The fourth-order valence-corrected chi connectivity index (χ4v) is 4.02. The van der Waals surface area contributed by atoms with Crippen LogP contribution < -0.4 is 0 Å². The Morgan fingerprint density at radius 3 is 3.06 bits per heavy atom. The minimum Gasteiger partial charge on any atom is -0.293 e. The van der Waals surface area contributed by atoms with Crippen LogP contribution >= 0.6 is 0 Å². The lowest BCUT2D eigenvalue weighted by Crippen LogP contribution is -2.44. The summed E-state index contributed by atoms with van der Waals surface area (Å²) in [4.78, 5) is 2.78.